The molecule has 0 bridgehead atoms. The minimum absolute atomic E-state index is 0.0143. The molecule has 2 aromatic heterocycles. The third-order valence-corrected chi connectivity index (χ3v) is 5.13. The fraction of sp³-hybridized carbons (Fsp3) is 0.579. The first kappa shape index (κ1) is 22.9. The highest BCUT2D eigenvalue weighted by atomic mass is 19.4. The second-order valence-corrected chi connectivity index (χ2v) is 7.97. The zero-order valence-corrected chi connectivity index (χ0v) is 17.6. The average Bonchev–Trinajstić information content (AvgIpc) is 3.09. The van der Waals surface area contributed by atoms with Crippen molar-refractivity contribution in [3.8, 4) is 5.88 Å². The molecular weight excluding hydrogens is 449 g/mol. The number of amides is 2. The van der Waals surface area contributed by atoms with Crippen molar-refractivity contribution in [1.29, 1.82) is 0 Å². The van der Waals surface area contributed by atoms with E-state index in [-0.39, 0.29) is 24.0 Å². The summed E-state index contributed by atoms with van der Waals surface area (Å²) in [6.45, 7) is -0.661. The van der Waals surface area contributed by atoms with Gasteiger partial charge in [0.05, 0.1) is 12.3 Å². The summed E-state index contributed by atoms with van der Waals surface area (Å²) in [5, 5.41) is 15.8. The van der Waals surface area contributed by atoms with Crippen LogP contribution in [0, 0.1) is 5.92 Å². The Labute approximate surface area is 185 Å². The molecule has 1 saturated heterocycles. The van der Waals surface area contributed by atoms with E-state index in [0.29, 0.717) is 24.6 Å². The van der Waals surface area contributed by atoms with E-state index in [1.54, 1.807) is 6.07 Å². The molecule has 2 aromatic rings. The number of aryl methyl sites for hydroxylation is 1. The van der Waals surface area contributed by atoms with E-state index in [2.05, 4.69) is 30.7 Å². The van der Waals surface area contributed by atoms with Crippen LogP contribution in [0.5, 0.6) is 5.88 Å². The topological polar surface area (TPSA) is 132 Å². The quantitative estimate of drug-likeness (QED) is 0.537. The summed E-state index contributed by atoms with van der Waals surface area (Å²) in [5.41, 5.74) is 0.563. The summed E-state index contributed by atoms with van der Waals surface area (Å²) in [7, 11) is 1.40. The number of ether oxygens (including phenoxy) is 3. The SMILES string of the molecule is Cn1nc(OCC(F)(F)F)cc1C(=O)Nc1cc(C2CC(OC(=O)NCC3CC3)CO2)[nH]n1. The molecule has 11 nitrogen and oxygen atoms in total. The normalized spacial score (nSPS) is 20.5. The molecule has 1 aliphatic heterocycles. The smallest absolute Gasteiger partial charge is 0.422 e. The lowest BCUT2D eigenvalue weighted by Crippen LogP contribution is -2.30. The summed E-state index contributed by atoms with van der Waals surface area (Å²) < 4.78 is 53.5. The van der Waals surface area contributed by atoms with E-state index in [1.165, 1.54) is 7.05 Å². The van der Waals surface area contributed by atoms with Crippen molar-refractivity contribution in [1.82, 2.24) is 25.3 Å². The van der Waals surface area contributed by atoms with Crippen LogP contribution in [-0.4, -0.2) is 64.0 Å². The lowest BCUT2D eigenvalue weighted by atomic mass is 10.1. The second-order valence-electron chi connectivity index (χ2n) is 7.97. The monoisotopic (exact) mass is 472 g/mol. The first-order valence-corrected chi connectivity index (χ1v) is 10.3. The zero-order chi connectivity index (χ0) is 23.6. The number of alkyl carbamates (subject to hydrolysis) is 1. The van der Waals surface area contributed by atoms with Crippen molar-refractivity contribution < 1.29 is 37.0 Å². The summed E-state index contributed by atoms with van der Waals surface area (Å²) in [4.78, 5) is 24.3. The number of hydrogen-bond donors (Lipinski definition) is 3. The number of aromatic amines is 1. The number of hydrogen-bond acceptors (Lipinski definition) is 7. The van der Waals surface area contributed by atoms with Gasteiger partial charge in [-0.1, -0.05) is 0 Å². The highest BCUT2D eigenvalue weighted by Crippen LogP contribution is 2.31. The number of halogens is 3. The largest absolute Gasteiger partial charge is 0.467 e. The van der Waals surface area contributed by atoms with Gasteiger partial charge in [-0.25, -0.2) is 4.79 Å². The molecule has 33 heavy (non-hydrogen) atoms. The van der Waals surface area contributed by atoms with E-state index in [1.807, 2.05) is 0 Å². The maximum Gasteiger partial charge on any atom is 0.422 e. The van der Waals surface area contributed by atoms with E-state index in [0.717, 1.165) is 23.6 Å². The third-order valence-electron chi connectivity index (χ3n) is 5.13. The Morgan fingerprint density at radius 1 is 1.33 bits per heavy atom. The van der Waals surface area contributed by atoms with Crippen LogP contribution in [0.3, 0.4) is 0 Å². The maximum absolute atomic E-state index is 12.5. The van der Waals surface area contributed by atoms with Gasteiger partial charge in [0.25, 0.3) is 5.91 Å². The molecule has 4 rings (SSSR count). The summed E-state index contributed by atoms with van der Waals surface area (Å²) in [5.74, 6) is -0.224. The van der Waals surface area contributed by atoms with Crippen LogP contribution in [0.2, 0.25) is 0 Å². The minimum Gasteiger partial charge on any atom is -0.467 e. The minimum atomic E-state index is -4.52. The van der Waals surface area contributed by atoms with Crippen molar-refractivity contribution in [2.24, 2.45) is 13.0 Å². The molecule has 3 heterocycles. The van der Waals surface area contributed by atoms with Crippen LogP contribution >= 0.6 is 0 Å². The molecule has 2 aliphatic rings. The van der Waals surface area contributed by atoms with Crippen LogP contribution in [0.4, 0.5) is 23.8 Å². The maximum atomic E-state index is 12.5. The molecular formula is C19H23F3N6O5. The van der Waals surface area contributed by atoms with Gasteiger partial charge < -0.3 is 24.8 Å². The van der Waals surface area contributed by atoms with E-state index < -0.39 is 37.0 Å². The molecule has 3 N–H and O–H groups in total. The average molecular weight is 472 g/mol. The number of nitrogens with one attached hydrogen (secondary N) is 3. The Morgan fingerprint density at radius 2 is 2.12 bits per heavy atom. The fourth-order valence-electron chi connectivity index (χ4n) is 3.27. The summed E-state index contributed by atoms with van der Waals surface area (Å²) in [6.07, 6.45) is -3.11. The van der Waals surface area contributed by atoms with Crippen molar-refractivity contribution in [3.05, 3.63) is 23.5 Å². The predicted octanol–water partition coefficient (Wildman–Crippen LogP) is 2.30. The van der Waals surface area contributed by atoms with Crippen molar-refractivity contribution in [3.63, 3.8) is 0 Å². The first-order chi connectivity index (χ1) is 15.7. The molecule has 2 unspecified atom stereocenters. The molecule has 14 heteroatoms. The lowest BCUT2D eigenvalue weighted by Gasteiger charge is -2.11. The summed E-state index contributed by atoms with van der Waals surface area (Å²) in [6, 6.07) is 2.67. The Balaban J connectivity index is 1.27. The lowest BCUT2D eigenvalue weighted by molar-refractivity contribution is -0.154. The van der Waals surface area contributed by atoms with Gasteiger partial charge in [-0.2, -0.15) is 18.3 Å². The third kappa shape index (κ3) is 6.37. The van der Waals surface area contributed by atoms with Gasteiger partial charge in [0.2, 0.25) is 5.88 Å². The van der Waals surface area contributed by atoms with Crippen molar-refractivity contribution in [2.45, 2.75) is 37.6 Å². The van der Waals surface area contributed by atoms with Gasteiger partial charge >= 0.3 is 12.3 Å². The van der Waals surface area contributed by atoms with Crippen LogP contribution in [0.15, 0.2) is 12.1 Å². The van der Waals surface area contributed by atoms with Crippen LogP contribution < -0.4 is 15.4 Å². The van der Waals surface area contributed by atoms with E-state index >= 15 is 0 Å². The molecule has 2 fully saturated rings. The molecule has 2 amide bonds. The molecule has 180 valence electrons. The van der Waals surface area contributed by atoms with Crippen LogP contribution in [-0.2, 0) is 16.5 Å². The number of alkyl halides is 3. The van der Waals surface area contributed by atoms with Gasteiger partial charge in [0, 0.05) is 32.1 Å². The Morgan fingerprint density at radius 3 is 2.85 bits per heavy atom. The number of anilines is 1. The van der Waals surface area contributed by atoms with Gasteiger partial charge in [0.1, 0.15) is 17.9 Å². The Kier molecular flexibility index (Phi) is 6.44. The van der Waals surface area contributed by atoms with Gasteiger partial charge in [-0.3, -0.25) is 14.6 Å². The number of carbonyl (C=O) groups is 2. The van der Waals surface area contributed by atoms with Crippen LogP contribution in [0.1, 0.15) is 41.5 Å². The standard InChI is InChI=1S/C19H23F3N6O5/c1-28-13(6-16(27-28)32-9-19(20,21)22)17(29)24-15-5-12(25-26-15)14-4-11(8-31-14)33-18(30)23-7-10-2-3-10/h5-6,10-11,14H,2-4,7-9H2,1H3,(H,23,30)(H2,24,25,26,29). The van der Waals surface area contributed by atoms with Crippen molar-refractivity contribution in [2.75, 3.05) is 25.1 Å². The number of nitrogens with zero attached hydrogens (tertiary/aromatic N) is 3. The first-order valence-electron chi connectivity index (χ1n) is 10.3. The second kappa shape index (κ2) is 9.29. The Hall–Kier alpha value is -3.29. The highest BCUT2D eigenvalue weighted by molar-refractivity contribution is 6.02. The molecule has 0 aromatic carbocycles. The predicted molar refractivity (Wildman–Crippen MR) is 106 cm³/mol. The van der Waals surface area contributed by atoms with Crippen LogP contribution in [0.25, 0.3) is 0 Å². The summed E-state index contributed by atoms with van der Waals surface area (Å²) >= 11 is 0. The number of aromatic nitrogens is 4. The molecule has 0 spiro atoms. The fourth-order valence-corrected chi connectivity index (χ4v) is 3.27. The number of rotatable bonds is 8. The van der Waals surface area contributed by atoms with E-state index in [9.17, 15) is 22.8 Å². The van der Waals surface area contributed by atoms with E-state index in [4.69, 9.17) is 9.47 Å². The van der Waals surface area contributed by atoms with Gasteiger partial charge in [-0.05, 0) is 18.8 Å². The molecule has 2 atom stereocenters. The molecule has 1 saturated carbocycles. The van der Waals surface area contributed by atoms with Gasteiger partial charge in [-0.15, -0.1) is 5.10 Å². The van der Waals surface area contributed by atoms with Gasteiger partial charge in [0.15, 0.2) is 12.4 Å². The number of carbonyl (C=O) groups excluding carboxylic acids is 2. The molecule has 1 aliphatic carbocycles. The Bertz CT molecular complexity index is 1000. The zero-order valence-electron chi connectivity index (χ0n) is 17.6. The van der Waals surface area contributed by atoms with Crippen molar-refractivity contribution >= 4 is 17.8 Å². The number of H-pyrrole nitrogens is 1. The highest BCUT2D eigenvalue weighted by Gasteiger charge is 2.32. The molecule has 0 radical (unpaired) electrons.